The van der Waals surface area contributed by atoms with Crippen LogP contribution in [0.4, 0.5) is 26.7 Å². The topological polar surface area (TPSA) is 87.7 Å². The van der Waals surface area contributed by atoms with Gasteiger partial charge in [-0.15, -0.1) is 0 Å². The maximum Gasteiger partial charge on any atom is 0.407 e. The summed E-state index contributed by atoms with van der Waals surface area (Å²) in [5.41, 5.74) is -0.941. The van der Waals surface area contributed by atoms with E-state index in [1.165, 1.54) is 34.6 Å². The second-order valence-corrected chi connectivity index (χ2v) is 6.78. The minimum Gasteiger partial charge on any atom is -0.444 e. The fraction of sp³-hybridized carbons (Fsp3) is 0.857. The number of amides is 2. The van der Waals surface area contributed by atoms with Crippen LogP contribution in [0.5, 0.6) is 0 Å². The minimum absolute atomic E-state index is 0.774. The largest absolute Gasteiger partial charge is 0.444 e. The highest BCUT2D eigenvalue weighted by molar-refractivity contribution is 5.84. The number of rotatable bonds is 6. The summed E-state index contributed by atoms with van der Waals surface area (Å²) < 4.78 is 68.9. The van der Waals surface area contributed by atoms with Crippen molar-refractivity contribution in [2.45, 2.75) is 64.5 Å². The fourth-order valence-corrected chi connectivity index (χ4v) is 1.71. The molecule has 3 N–H and O–H groups in total. The van der Waals surface area contributed by atoms with Gasteiger partial charge < -0.3 is 20.5 Å². The Bertz CT molecular complexity index is 475. The molecule has 0 radical (unpaired) electrons. The fourth-order valence-electron chi connectivity index (χ4n) is 1.71. The average Bonchev–Trinajstić information content (AvgIpc) is 2.38. The summed E-state index contributed by atoms with van der Waals surface area (Å²) >= 11 is 0. The monoisotopic (exact) mass is 378 g/mol. The van der Waals surface area contributed by atoms with Crippen molar-refractivity contribution in [3.05, 3.63) is 0 Å². The van der Waals surface area contributed by atoms with Gasteiger partial charge in [-0.1, -0.05) is 13.8 Å². The predicted octanol–water partition coefficient (Wildman–Crippen LogP) is 2.21. The summed E-state index contributed by atoms with van der Waals surface area (Å²) in [6.07, 6.45) is -8.76. The van der Waals surface area contributed by atoms with Crippen molar-refractivity contribution in [3.63, 3.8) is 0 Å². The SMILES string of the molecule is CC(C)[C@H](NC(=O)OC(C)(C)C)C(O)C(F)(F)C(=O)NCC(F)(F)F. The molecule has 0 bridgehead atoms. The van der Waals surface area contributed by atoms with Crippen LogP contribution in [0.25, 0.3) is 0 Å². The van der Waals surface area contributed by atoms with Gasteiger partial charge in [-0.3, -0.25) is 4.79 Å². The zero-order valence-corrected chi connectivity index (χ0v) is 14.5. The maximum absolute atomic E-state index is 14.0. The third-order valence-electron chi connectivity index (χ3n) is 2.87. The number of nitrogens with one attached hydrogen (secondary N) is 2. The van der Waals surface area contributed by atoms with Gasteiger partial charge in [0.05, 0.1) is 6.04 Å². The molecule has 0 fully saturated rings. The molecule has 1 unspecified atom stereocenters. The molecular weight excluding hydrogens is 355 g/mol. The van der Waals surface area contributed by atoms with Crippen LogP contribution in [-0.2, 0) is 9.53 Å². The molecule has 0 aliphatic rings. The van der Waals surface area contributed by atoms with Gasteiger partial charge in [0, 0.05) is 0 Å². The normalized spacial score (nSPS) is 15.5. The van der Waals surface area contributed by atoms with E-state index >= 15 is 0 Å². The molecule has 0 aromatic carbocycles. The van der Waals surface area contributed by atoms with E-state index in [2.05, 4.69) is 0 Å². The molecule has 0 spiro atoms. The average molecular weight is 378 g/mol. The van der Waals surface area contributed by atoms with Gasteiger partial charge in [-0.25, -0.2) is 4.79 Å². The molecule has 0 aromatic rings. The summed E-state index contributed by atoms with van der Waals surface area (Å²) in [5.74, 6) is -7.63. The lowest BCUT2D eigenvalue weighted by atomic mass is 9.94. The van der Waals surface area contributed by atoms with E-state index in [0.717, 1.165) is 5.32 Å². The summed E-state index contributed by atoms with van der Waals surface area (Å²) in [6, 6.07) is -1.64. The number of aliphatic hydroxyl groups is 1. The zero-order chi connectivity index (χ0) is 20.2. The number of hydrogen-bond acceptors (Lipinski definition) is 4. The molecule has 0 heterocycles. The van der Waals surface area contributed by atoms with E-state index in [0.29, 0.717) is 0 Å². The Labute approximate surface area is 142 Å². The lowest BCUT2D eigenvalue weighted by molar-refractivity contribution is -0.174. The molecule has 11 heteroatoms. The summed E-state index contributed by atoms with van der Waals surface area (Å²) in [5, 5.41) is 12.8. The van der Waals surface area contributed by atoms with Crippen LogP contribution >= 0.6 is 0 Å². The number of halogens is 5. The summed E-state index contributed by atoms with van der Waals surface area (Å²) in [7, 11) is 0. The molecule has 0 saturated heterocycles. The van der Waals surface area contributed by atoms with E-state index in [1.807, 2.05) is 5.32 Å². The Morgan fingerprint density at radius 1 is 1.08 bits per heavy atom. The van der Waals surface area contributed by atoms with Crippen LogP contribution in [0.1, 0.15) is 34.6 Å². The van der Waals surface area contributed by atoms with Crippen molar-refractivity contribution >= 4 is 12.0 Å². The van der Waals surface area contributed by atoms with E-state index in [9.17, 15) is 36.6 Å². The number of alkyl halides is 5. The molecule has 0 saturated carbocycles. The molecule has 0 aliphatic heterocycles. The van der Waals surface area contributed by atoms with Crippen LogP contribution in [0.15, 0.2) is 0 Å². The van der Waals surface area contributed by atoms with E-state index in [-0.39, 0.29) is 0 Å². The van der Waals surface area contributed by atoms with Gasteiger partial charge in [0.1, 0.15) is 18.2 Å². The third-order valence-corrected chi connectivity index (χ3v) is 2.87. The first-order chi connectivity index (χ1) is 11.0. The first-order valence-corrected chi connectivity index (χ1v) is 7.38. The summed E-state index contributed by atoms with van der Waals surface area (Å²) in [6.45, 7) is 5.33. The van der Waals surface area contributed by atoms with E-state index in [1.54, 1.807) is 0 Å². The molecule has 6 nitrogen and oxygen atoms in total. The van der Waals surface area contributed by atoms with Crippen molar-refractivity contribution in [1.82, 2.24) is 10.6 Å². The molecule has 0 aliphatic carbocycles. The van der Waals surface area contributed by atoms with Crippen molar-refractivity contribution in [1.29, 1.82) is 0 Å². The Kier molecular flexibility index (Phi) is 7.61. The molecule has 0 aromatic heterocycles. The lowest BCUT2D eigenvalue weighted by Crippen LogP contribution is -2.60. The van der Waals surface area contributed by atoms with Crippen molar-refractivity contribution in [3.8, 4) is 0 Å². The number of carbonyl (C=O) groups excluding carboxylic acids is 2. The predicted molar refractivity (Wildman–Crippen MR) is 78.0 cm³/mol. The highest BCUT2D eigenvalue weighted by Crippen LogP contribution is 2.25. The molecule has 25 heavy (non-hydrogen) atoms. The Morgan fingerprint density at radius 3 is 1.92 bits per heavy atom. The van der Waals surface area contributed by atoms with Crippen molar-refractivity contribution in [2.75, 3.05) is 6.54 Å². The van der Waals surface area contributed by atoms with Crippen LogP contribution in [0.2, 0.25) is 0 Å². The molecular formula is C14H23F5N2O4. The highest BCUT2D eigenvalue weighted by Gasteiger charge is 2.52. The zero-order valence-electron chi connectivity index (χ0n) is 14.5. The van der Waals surface area contributed by atoms with Crippen molar-refractivity contribution < 1.29 is 41.4 Å². The number of hydrogen-bond donors (Lipinski definition) is 3. The number of carbonyl (C=O) groups is 2. The highest BCUT2D eigenvalue weighted by atomic mass is 19.4. The summed E-state index contributed by atoms with van der Waals surface area (Å²) in [4.78, 5) is 23.0. The van der Waals surface area contributed by atoms with E-state index in [4.69, 9.17) is 4.74 Å². The standard InChI is InChI=1S/C14H23F5N2O4/c1-7(2)8(21-11(24)25-12(3,4)5)9(22)14(18,19)10(23)20-6-13(15,16)17/h7-9,22H,6H2,1-5H3,(H,20,23)(H,21,24)/t8-,9?/m0/s1. The van der Waals surface area contributed by atoms with Gasteiger partial charge in [-0.2, -0.15) is 22.0 Å². The Morgan fingerprint density at radius 2 is 1.56 bits per heavy atom. The quantitative estimate of drug-likeness (QED) is 0.619. The molecule has 2 atom stereocenters. The minimum atomic E-state index is -4.89. The van der Waals surface area contributed by atoms with Gasteiger partial charge in [0.15, 0.2) is 0 Å². The number of ether oxygens (including phenoxy) is 1. The lowest BCUT2D eigenvalue weighted by Gasteiger charge is -2.32. The van der Waals surface area contributed by atoms with E-state index < -0.39 is 54.3 Å². The smallest absolute Gasteiger partial charge is 0.407 e. The number of aliphatic hydroxyl groups excluding tert-OH is 1. The van der Waals surface area contributed by atoms with Crippen molar-refractivity contribution in [2.24, 2.45) is 5.92 Å². The molecule has 2 amide bonds. The first-order valence-electron chi connectivity index (χ1n) is 7.38. The second-order valence-electron chi connectivity index (χ2n) is 6.78. The van der Waals surface area contributed by atoms with Gasteiger partial charge in [-0.05, 0) is 26.7 Å². The molecule has 0 rings (SSSR count). The third kappa shape index (κ3) is 8.32. The first kappa shape index (κ1) is 23.4. The molecule has 148 valence electrons. The van der Waals surface area contributed by atoms with Crippen LogP contribution in [-0.4, -0.2) is 53.5 Å². The van der Waals surface area contributed by atoms with Gasteiger partial charge in [0.2, 0.25) is 0 Å². The van der Waals surface area contributed by atoms with Crippen LogP contribution in [0, 0.1) is 5.92 Å². The van der Waals surface area contributed by atoms with Crippen LogP contribution in [0.3, 0.4) is 0 Å². The van der Waals surface area contributed by atoms with Crippen LogP contribution < -0.4 is 10.6 Å². The Balaban J connectivity index is 5.14. The van der Waals surface area contributed by atoms with Gasteiger partial charge >= 0.3 is 18.2 Å². The maximum atomic E-state index is 14.0. The van der Waals surface area contributed by atoms with Gasteiger partial charge in [0.25, 0.3) is 5.91 Å². The number of alkyl carbamates (subject to hydrolysis) is 1. The second kappa shape index (κ2) is 8.15. The Hall–Kier alpha value is -1.65.